The summed E-state index contributed by atoms with van der Waals surface area (Å²) in [6, 6.07) is 4.45. The Hall–Kier alpha value is -1.88. The molecule has 27 heavy (non-hydrogen) atoms. The van der Waals surface area contributed by atoms with Gasteiger partial charge in [-0.1, -0.05) is 26.8 Å². The van der Waals surface area contributed by atoms with Crippen molar-refractivity contribution in [3.63, 3.8) is 0 Å². The van der Waals surface area contributed by atoms with Crippen LogP contribution in [0.25, 0.3) is 0 Å². The van der Waals surface area contributed by atoms with E-state index < -0.39 is 0 Å². The number of benzene rings is 1. The van der Waals surface area contributed by atoms with E-state index in [4.69, 9.17) is 9.72 Å². The van der Waals surface area contributed by atoms with Crippen molar-refractivity contribution in [2.45, 2.75) is 74.1 Å². The summed E-state index contributed by atoms with van der Waals surface area (Å²) < 4.78 is 6.02. The number of nitrogens with zero attached hydrogens (tertiary/aromatic N) is 2. The minimum Gasteiger partial charge on any atom is -0.486 e. The third kappa shape index (κ3) is 5.55. The largest absolute Gasteiger partial charge is 0.486 e. The average molecular weight is 389 g/mol. The third-order valence-corrected chi connectivity index (χ3v) is 5.82. The van der Waals surface area contributed by atoms with Gasteiger partial charge in [-0.05, 0) is 56.9 Å². The summed E-state index contributed by atoms with van der Waals surface area (Å²) >= 11 is 1.59. The minimum absolute atomic E-state index is 0.00651. The molecule has 0 radical (unpaired) electrons. The van der Waals surface area contributed by atoms with Gasteiger partial charge in [0.2, 0.25) is 5.91 Å². The lowest BCUT2D eigenvalue weighted by atomic mass is 10.1. The minimum atomic E-state index is -0.00651. The summed E-state index contributed by atoms with van der Waals surface area (Å²) in [5.74, 6) is 1.09. The van der Waals surface area contributed by atoms with Crippen LogP contribution in [0.2, 0.25) is 0 Å². The van der Waals surface area contributed by atoms with E-state index in [2.05, 4.69) is 46.8 Å². The third-order valence-electron chi connectivity index (χ3n) is 4.95. The normalized spacial score (nSPS) is 12.3. The van der Waals surface area contributed by atoms with Gasteiger partial charge in [0.05, 0.1) is 12.2 Å². The van der Waals surface area contributed by atoms with Gasteiger partial charge in [-0.15, -0.1) is 11.3 Å². The molecule has 0 N–H and O–H groups in total. The Morgan fingerprint density at radius 1 is 1.22 bits per heavy atom. The van der Waals surface area contributed by atoms with Crippen LogP contribution in [0.1, 0.15) is 61.5 Å². The lowest BCUT2D eigenvalue weighted by molar-refractivity contribution is -0.137. The first-order valence-corrected chi connectivity index (χ1v) is 10.5. The smallest absolute Gasteiger partial charge is 0.225 e. The second-order valence-electron chi connectivity index (χ2n) is 7.60. The van der Waals surface area contributed by atoms with Crippen molar-refractivity contribution in [3.05, 3.63) is 44.9 Å². The molecule has 4 nitrogen and oxygen atoms in total. The molecule has 1 heterocycles. The number of carbonyl (C=O) groups is 1. The Balaban J connectivity index is 2.06. The van der Waals surface area contributed by atoms with E-state index in [-0.39, 0.29) is 17.9 Å². The molecule has 0 unspecified atom stereocenters. The number of aromatic nitrogens is 1. The predicted octanol–water partition coefficient (Wildman–Crippen LogP) is 5.43. The van der Waals surface area contributed by atoms with Crippen LogP contribution in [-0.4, -0.2) is 21.8 Å². The molecule has 1 amide bonds. The quantitative estimate of drug-likeness (QED) is 0.605. The highest BCUT2D eigenvalue weighted by atomic mass is 32.1. The molecule has 148 valence electrons. The van der Waals surface area contributed by atoms with E-state index in [9.17, 15) is 4.79 Å². The van der Waals surface area contributed by atoms with E-state index >= 15 is 0 Å². The first-order chi connectivity index (χ1) is 12.7. The predicted molar refractivity (Wildman–Crippen MR) is 112 cm³/mol. The van der Waals surface area contributed by atoms with Gasteiger partial charge < -0.3 is 9.64 Å². The fraction of sp³-hybridized carbons (Fsp3) is 0.545. The van der Waals surface area contributed by atoms with Gasteiger partial charge >= 0.3 is 0 Å². The molecule has 1 aromatic heterocycles. The molecule has 5 heteroatoms. The second-order valence-corrected chi connectivity index (χ2v) is 8.55. The van der Waals surface area contributed by atoms with E-state index in [1.807, 2.05) is 24.1 Å². The number of hydrogen-bond donors (Lipinski definition) is 0. The molecule has 1 atom stereocenters. The Kier molecular flexibility index (Phi) is 7.42. The van der Waals surface area contributed by atoms with Crippen LogP contribution in [0.15, 0.2) is 17.5 Å². The van der Waals surface area contributed by atoms with Crippen LogP contribution < -0.4 is 4.74 Å². The molecule has 0 aliphatic carbocycles. The number of carbonyl (C=O) groups excluding carboxylic acids is 1. The highest BCUT2D eigenvalue weighted by Crippen LogP contribution is 2.25. The maximum absolute atomic E-state index is 12.5. The number of ether oxygens (including phenoxy) is 1. The molecule has 0 saturated carbocycles. The number of amides is 1. The van der Waals surface area contributed by atoms with Gasteiger partial charge in [0, 0.05) is 17.3 Å². The van der Waals surface area contributed by atoms with Crippen LogP contribution >= 0.6 is 11.3 Å². The highest BCUT2D eigenvalue weighted by molar-refractivity contribution is 7.09. The van der Waals surface area contributed by atoms with Crippen LogP contribution in [0.4, 0.5) is 0 Å². The first kappa shape index (κ1) is 21.4. The second kappa shape index (κ2) is 9.36. The summed E-state index contributed by atoms with van der Waals surface area (Å²) in [7, 11) is 0. The van der Waals surface area contributed by atoms with E-state index in [0.29, 0.717) is 13.2 Å². The molecule has 0 fully saturated rings. The summed E-state index contributed by atoms with van der Waals surface area (Å²) in [5.41, 5.74) is 4.54. The molecule has 1 aromatic carbocycles. The zero-order chi connectivity index (χ0) is 20.1. The van der Waals surface area contributed by atoms with Gasteiger partial charge in [-0.25, -0.2) is 4.98 Å². The van der Waals surface area contributed by atoms with Crippen molar-refractivity contribution in [2.24, 2.45) is 5.92 Å². The molecule has 0 bridgehead atoms. The molecular formula is C22H32N2O2S. The molecule has 2 rings (SSSR count). The van der Waals surface area contributed by atoms with Crippen molar-refractivity contribution in [1.82, 2.24) is 9.88 Å². The van der Waals surface area contributed by atoms with Crippen molar-refractivity contribution in [1.29, 1.82) is 0 Å². The SMILES string of the molecule is CC[C@H](C)N(Cc1csc(COc2cc(C)cc(C)c2C)n1)C(=O)C(C)C. The van der Waals surface area contributed by atoms with Gasteiger partial charge in [0.1, 0.15) is 17.4 Å². The monoisotopic (exact) mass is 388 g/mol. The summed E-state index contributed by atoms with van der Waals surface area (Å²) in [6.07, 6.45) is 0.935. The standard InChI is InChI=1S/C22H32N2O2S/c1-8-17(6)24(22(25)14(2)3)11-19-13-27-21(23-19)12-26-20-10-15(4)9-16(5)18(20)7/h9-10,13-14,17H,8,11-12H2,1-7H3/t17-/m0/s1. The van der Waals surface area contributed by atoms with Gasteiger partial charge in [-0.3, -0.25) is 4.79 Å². The van der Waals surface area contributed by atoms with E-state index in [1.165, 1.54) is 16.7 Å². The lowest BCUT2D eigenvalue weighted by Crippen LogP contribution is -2.40. The van der Waals surface area contributed by atoms with Gasteiger partial charge in [0.15, 0.2) is 0 Å². The van der Waals surface area contributed by atoms with E-state index in [1.54, 1.807) is 11.3 Å². The summed E-state index contributed by atoms with van der Waals surface area (Å²) in [4.78, 5) is 19.2. The Morgan fingerprint density at radius 2 is 1.93 bits per heavy atom. The summed E-state index contributed by atoms with van der Waals surface area (Å²) in [5, 5.41) is 2.97. The zero-order valence-corrected chi connectivity index (χ0v) is 18.4. The van der Waals surface area contributed by atoms with Crippen molar-refractivity contribution in [2.75, 3.05) is 0 Å². The Bertz CT molecular complexity index is 783. The average Bonchev–Trinajstić information content (AvgIpc) is 3.07. The molecule has 2 aromatic rings. The van der Waals surface area contributed by atoms with Crippen LogP contribution in [-0.2, 0) is 17.9 Å². The number of rotatable bonds is 8. The summed E-state index contributed by atoms with van der Waals surface area (Å²) in [6.45, 7) is 15.4. The zero-order valence-electron chi connectivity index (χ0n) is 17.6. The topological polar surface area (TPSA) is 42.4 Å². The molecule has 0 saturated heterocycles. The molecule has 0 aliphatic heterocycles. The first-order valence-electron chi connectivity index (χ1n) is 9.67. The number of thiazole rings is 1. The molecule has 0 spiro atoms. The Morgan fingerprint density at radius 3 is 2.56 bits per heavy atom. The van der Waals surface area contributed by atoms with Crippen LogP contribution in [0.5, 0.6) is 5.75 Å². The fourth-order valence-electron chi connectivity index (χ4n) is 2.96. The number of aryl methyl sites for hydroxylation is 2. The van der Waals surface area contributed by atoms with Crippen LogP contribution in [0, 0.1) is 26.7 Å². The van der Waals surface area contributed by atoms with Gasteiger partial charge in [-0.2, -0.15) is 0 Å². The van der Waals surface area contributed by atoms with E-state index in [0.717, 1.165) is 22.9 Å². The van der Waals surface area contributed by atoms with Crippen LogP contribution in [0.3, 0.4) is 0 Å². The maximum atomic E-state index is 12.5. The van der Waals surface area contributed by atoms with Gasteiger partial charge in [0.25, 0.3) is 0 Å². The molecule has 0 aliphatic rings. The van der Waals surface area contributed by atoms with Crippen molar-refractivity contribution < 1.29 is 9.53 Å². The van der Waals surface area contributed by atoms with Crippen molar-refractivity contribution in [3.8, 4) is 5.75 Å². The lowest BCUT2D eigenvalue weighted by Gasteiger charge is -2.29. The maximum Gasteiger partial charge on any atom is 0.225 e. The Labute approximate surface area is 167 Å². The molecular weight excluding hydrogens is 356 g/mol. The fourth-order valence-corrected chi connectivity index (χ4v) is 3.65. The number of hydrogen-bond acceptors (Lipinski definition) is 4. The van der Waals surface area contributed by atoms with Crippen molar-refractivity contribution >= 4 is 17.2 Å². The highest BCUT2D eigenvalue weighted by Gasteiger charge is 2.22.